The van der Waals surface area contributed by atoms with Crippen molar-refractivity contribution >= 4 is 6.16 Å². The molecular formula is C11H20O4. The molecule has 0 aromatic carbocycles. The van der Waals surface area contributed by atoms with Crippen LogP contribution in [0.1, 0.15) is 40.0 Å². The normalized spacial score (nSPS) is 23.5. The standard InChI is InChI=1S/C11H20O4/c1-8(5-4-6-11(2,3)13)9-7-14-10(12)15-9/h8-9,13H,4-7H2,1-3H3. The van der Waals surface area contributed by atoms with Gasteiger partial charge in [-0.3, -0.25) is 0 Å². The van der Waals surface area contributed by atoms with Gasteiger partial charge in [0, 0.05) is 0 Å². The Labute approximate surface area is 90.6 Å². The second-order valence-corrected chi connectivity index (χ2v) is 4.90. The topological polar surface area (TPSA) is 55.8 Å². The van der Waals surface area contributed by atoms with E-state index in [-0.39, 0.29) is 6.10 Å². The van der Waals surface area contributed by atoms with Crippen molar-refractivity contribution in [2.75, 3.05) is 6.61 Å². The Hall–Kier alpha value is -0.770. The summed E-state index contributed by atoms with van der Waals surface area (Å²) in [6.45, 7) is 6.01. The van der Waals surface area contributed by atoms with Crippen molar-refractivity contribution in [1.82, 2.24) is 0 Å². The van der Waals surface area contributed by atoms with Gasteiger partial charge in [0.1, 0.15) is 12.7 Å². The van der Waals surface area contributed by atoms with Crippen molar-refractivity contribution in [3.63, 3.8) is 0 Å². The first-order chi connectivity index (χ1) is 6.88. The first kappa shape index (κ1) is 12.3. The molecule has 2 atom stereocenters. The second-order valence-electron chi connectivity index (χ2n) is 4.90. The van der Waals surface area contributed by atoms with E-state index >= 15 is 0 Å². The van der Waals surface area contributed by atoms with E-state index in [1.54, 1.807) is 13.8 Å². The van der Waals surface area contributed by atoms with Crippen molar-refractivity contribution in [2.45, 2.75) is 51.7 Å². The Balaban J connectivity index is 2.19. The number of hydrogen-bond acceptors (Lipinski definition) is 4. The molecule has 1 fully saturated rings. The first-order valence-corrected chi connectivity index (χ1v) is 5.44. The molecule has 1 rings (SSSR count). The summed E-state index contributed by atoms with van der Waals surface area (Å²) < 4.78 is 9.71. The van der Waals surface area contributed by atoms with Crippen LogP contribution in [0.15, 0.2) is 0 Å². The predicted molar refractivity (Wildman–Crippen MR) is 55.5 cm³/mol. The number of cyclic esters (lactones) is 2. The zero-order valence-electron chi connectivity index (χ0n) is 9.66. The average molecular weight is 216 g/mol. The molecule has 1 heterocycles. The van der Waals surface area contributed by atoms with Crippen LogP contribution in [0, 0.1) is 5.92 Å². The lowest BCUT2D eigenvalue weighted by Crippen LogP contribution is -2.22. The molecule has 0 aromatic heterocycles. The number of carbonyl (C=O) groups excluding carboxylic acids is 1. The van der Waals surface area contributed by atoms with Gasteiger partial charge in [-0.1, -0.05) is 13.3 Å². The summed E-state index contributed by atoms with van der Waals surface area (Å²) in [6, 6.07) is 0. The van der Waals surface area contributed by atoms with Gasteiger partial charge in [-0.25, -0.2) is 4.79 Å². The van der Waals surface area contributed by atoms with Gasteiger partial charge in [0.05, 0.1) is 5.60 Å². The molecule has 4 heteroatoms. The number of hydrogen-bond donors (Lipinski definition) is 1. The van der Waals surface area contributed by atoms with Crippen LogP contribution in [0.5, 0.6) is 0 Å². The molecule has 1 aliphatic rings. The maximum atomic E-state index is 10.7. The van der Waals surface area contributed by atoms with Crippen molar-refractivity contribution in [3.05, 3.63) is 0 Å². The third-order valence-corrected chi connectivity index (χ3v) is 2.70. The Morgan fingerprint density at radius 1 is 1.60 bits per heavy atom. The van der Waals surface area contributed by atoms with Crippen LogP contribution in [0.2, 0.25) is 0 Å². The van der Waals surface area contributed by atoms with E-state index in [9.17, 15) is 9.90 Å². The molecule has 1 saturated heterocycles. The van der Waals surface area contributed by atoms with E-state index in [0.29, 0.717) is 12.5 Å². The van der Waals surface area contributed by atoms with Crippen molar-refractivity contribution in [3.8, 4) is 0 Å². The Morgan fingerprint density at radius 2 is 2.27 bits per heavy atom. The van der Waals surface area contributed by atoms with E-state index in [1.165, 1.54) is 0 Å². The molecule has 0 aromatic rings. The SMILES string of the molecule is CC(CCCC(C)(C)O)C1COC(=O)O1. The average Bonchev–Trinajstić information content (AvgIpc) is 2.49. The summed E-state index contributed by atoms with van der Waals surface area (Å²) in [5, 5.41) is 9.53. The summed E-state index contributed by atoms with van der Waals surface area (Å²) >= 11 is 0. The smallest absolute Gasteiger partial charge is 0.430 e. The monoisotopic (exact) mass is 216 g/mol. The van der Waals surface area contributed by atoms with Crippen molar-refractivity contribution in [2.24, 2.45) is 5.92 Å². The highest BCUT2D eigenvalue weighted by Crippen LogP contribution is 2.22. The fourth-order valence-corrected chi connectivity index (χ4v) is 1.66. The molecular weight excluding hydrogens is 196 g/mol. The number of rotatable bonds is 5. The number of aliphatic hydroxyl groups is 1. The zero-order valence-corrected chi connectivity index (χ0v) is 9.66. The fourth-order valence-electron chi connectivity index (χ4n) is 1.66. The highest BCUT2D eigenvalue weighted by molar-refractivity contribution is 5.61. The van der Waals surface area contributed by atoms with E-state index < -0.39 is 11.8 Å². The van der Waals surface area contributed by atoms with Gasteiger partial charge in [0.2, 0.25) is 0 Å². The lowest BCUT2D eigenvalue weighted by Gasteiger charge is -2.20. The molecule has 1 aliphatic heterocycles. The highest BCUT2D eigenvalue weighted by atomic mass is 16.8. The summed E-state index contributed by atoms with van der Waals surface area (Å²) in [7, 11) is 0. The van der Waals surface area contributed by atoms with Crippen LogP contribution in [-0.4, -0.2) is 29.6 Å². The molecule has 0 amide bonds. The summed E-state index contributed by atoms with van der Waals surface area (Å²) in [5.41, 5.74) is -0.609. The minimum Gasteiger partial charge on any atom is -0.430 e. The lowest BCUT2D eigenvalue weighted by atomic mass is 9.94. The molecule has 1 N–H and O–H groups in total. The number of ether oxygens (including phenoxy) is 2. The van der Waals surface area contributed by atoms with Gasteiger partial charge in [-0.2, -0.15) is 0 Å². The molecule has 88 valence electrons. The summed E-state index contributed by atoms with van der Waals surface area (Å²) in [4.78, 5) is 10.7. The Bertz CT molecular complexity index is 219. The first-order valence-electron chi connectivity index (χ1n) is 5.44. The van der Waals surface area contributed by atoms with Gasteiger partial charge in [0.15, 0.2) is 0 Å². The van der Waals surface area contributed by atoms with Gasteiger partial charge in [-0.15, -0.1) is 0 Å². The van der Waals surface area contributed by atoms with Crippen LogP contribution in [0.3, 0.4) is 0 Å². The predicted octanol–water partition coefficient (Wildman–Crippen LogP) is 2.10. The van der Waals surface area contributed by atoms with Crippen LogP contribution in [0.25, 0.3) is 0 Å². The molecule has 4 nitrogen and oxygen atoms in total. The lowest BCUT2D eigenvalue weighted by molar-refractivity contribution is 0.0616. The zero-order chi connectivity index (χ0) is 11.5. The molecule has 0 bridgehead atoms. The second kappa shape index (κ2) is 4.84. The van der Waals surface area contributed by atoms with Crippen LogP contribution in [0.4, 0.5) is 4.79 Å². The minimum absolute atomic E-state index is 0.112. The van der Waals surface area contributed by atoms with E-state index in [4.69, 9.17) is 9.47 Å². The Kier molecular flexibility index (Phi) is 3.97. The molecule has 2 unspecified atom stereocenters. The van der Waals surface area contributed by atoms with Gasteiger partial charge in [0.25, 0.3) is 0 Å². The van der Waals surface area contributed by atoms with Gasteiger partial charge in [-0.05, 0) is 32.6 Å². The summed E-state index contributed by atoms with van der Waals surface area (Å²) in [5.74, 6) is 0.291. The van der Waals surface area contributed by atoms with Crippen molar-refractivity contribution in [1.29, 1.82) is 0 Å². The summed E-state index contributed by atoms with van der Waals surface area (Å²) in [6.07, 6.45) is 1.96. The maximum absolute atomic E-state index is 10.7. The van der Waals surface area contributed by atoms with Crippen molar-refractivity contribution < 1.29 is 19.4 Å². The Morgan fingerprint density at radius 3 is 2.73 bits per heavy atom. The van der Waals surface area contributed by atoms with Crippen LogP contribution < -0.4 is 0 Å². The van der Waals surface area contributed by atoms with Crippen LogP contribution >= 0.6 is 0 Å². The molecule has 0 radical (unpaired) electrons. The highest BCUT2D eigenvalue weighted by Gasteiger charge is 2.29. The third kappa shape index (κ3) is 4.51. The van der Waals surface area contributed by atoms with E-state index in [0.717, 1.165) is 19.3 Å². The van der Waals surface area contributed by atoms with E-state index in [1.807, 2.05) is 6.92 Å². The van der Waals surface area contributed by atoms with Gasteiger partial charge < -0.3 is 14.6 Å². The largest absolute Gasteiger partial charge is 0.508 e. The number of carbonyl (C=O) groups is 1. The third-order valence-electron chi connectivity index (χ3n) is 2.70. The molecule has 0 saturated carbocycles. The maximum Gasteiger partial charge on any atom is 0.508 e. The molecule has 0 spiro atoms. The van der Waals surface area contributed by atoms with Gasteiger partial charge >= 0.3 is 6.16 Å². The fraction of sp³-hybridized carbons (Fsp3) is 0.909. The van der Waals surface area contributed by atoms with Crippen LogP contribution in [-0.2, 0) is 9.47 Å². The molecule has 15 heavy (non-hydrogen) atoms. The minimum atomic E-state index is -0.609. The van der Waals surface area contributed by atoms with E-state index in [2.05, 4.69) is 0 Å². The molecule has 0 aliphatic carbocycles. The quantitative estimate of drug-likeness (QED) is 0.715.